The number of rotatable bonds is 5. The first-order valence-electron chi connectivity index (χ1n) is 9.40. The van der Waals surface area contributed by atoms with Gasteiger partial charge in [0.05, 0.1) is 6.61 Å². The molecule has 2 aromatic rings. The Morgan fingerprint density at radius 2 is 1.62 bits per heavy atom. The van der Waals surface area contributed by atoms with Crippen LogP contribution in [0.2, 0.25) is 0 Å². The molecule has 1 aromatic carbocycles. The maximum atomic E-state index is 12.6. The van der Waals surface area contributed by atoms with E-state index in [-0.39, 0.29) is 23.5 Å². The fourth-order valence-corrected chi connectivity index (χ4v) is 2.92. The molecule has 1 fully saturated rings. The molecule has 2 heterocycles. The molecule has 3 rings (SSSR count). The van der Waals surface area contributed by atoms with Crippen LogP contribution in [0.15, 0.2) is 36.4 Å². The van der Waals surface area contributed by atoms with Crippen LogP contribution in [-0.4, -0.2) is 70.6 Å². The van der Waals surface area contributed by atoms with E-state index in [4.69, 9.17) is 4.74 Å². The molecule has 0 saturated carbocycles. The van der Waals surface area contributed by atoms with Crippen molar-refractivity contribution in [3.05, 3.63) is 47.7 Å². The van der Waals surface area contributed by atoms with Gasteiger partial charge >= 0.3 is 6.09 Å². The van der Waals surface area contributed by atoms with Gasteiger partial charge in [0.15, 0.2) is 17.3 Å². The Hall–Kier alpha value is -3.49. The minimum atomic E-state index is -0.355. The number of hydrogen-bond acceptors (Lipinski definition) is 7. The second-order valence-electron chi connectivity index (χ2n) is 6.54. The summed E-state index contributed by atoms with van der Waals surface area (Å²) in [5.74, 6) is 0.268. The van der Waals surface area contributed by atoms with Crippen LogP contribution in [0.4, 0.5) is 16.3 Å². The number of ether oxygens (including phenoxy) is 1. The summed E-state index contributed by atoms with van der Waals surface area (Å²) in [6, 6.07) is 10.3. The molecule has 1 N–H and O–H groups in total. The highest BCUT2D eigenvalue weighted by molar-refractivity contribution is 5.94. The van der Waals surface area contributed by atoms with Gasteiger partial charge in [-0.15, -0.1) is 10.2 Å². The molecule has 1 aromatic heterocycles. The summed E-state index contributed by atoms with van der Waals surface area (Å²) in [7, 11) is 0. The molecule has 0 radical (unpaired) electrons. The van der Waals surface area contributed by atoms with Crippen molar-refractivity contribution in [2.45, 2.75) is 13.8 Å². The molecule has 9 nitrogen and oxygen atoms in total. The molecular weight excluding hydrogens is 374 g/mol. The van der Waals surface area contributed by atoms with Gasteiger partial charge in [-0.05, 0) is 50.2 Å². The fraction of sp³-hybridized carbons (Fsp3) is 0.350. The van der Waals surface area contributed by atoms with Crippen molar-refractivity contribution in [1.82, 2.24) is 20.0 Å². The Balaban J connectivity index is 1.56. The number of anilines is 2. The lowest BCUT2D eigenvalue weighted by Crippen LogP contribution is -2.50. The van der Waals surface area contributed by atoms with Gasteiger partial charge in [0.1, 0.15) is 0 Å². The quantitative estimate of drug-likeness (QED) is 0.772. The van der Waals surface area contributed by atoms with Crippen LogP contribution in [0.3, 0.4) is 0 Å². The summed E-state index contributed by atoms with van der Waals surface area (Å²) in [6.45, 7) is 5.29. The molecule has 0 atom stereocenters. The lowest BCUT2D eigenvalue weighted by atomic mass is 10.1. The molecule has 29 heavy (non-hydrogen) atoms. The SMILES string of the molecule is CCOC(=O)N1CCN(C(=O)c2ccc(Nc3ccc(C(C)=O)cc3)nn2)CC1. The number of Topliss-reactive ketones (excluding diaryl/α,β-unsaturated/α-hetero) is 1. The van der Waals surface area contributed by atoms with Crippen LogP contribution in [0.25, 0.3) is 0 Å². The average molecular weight is 397 g/mol. The van der Waals surface area contributed by atoms with E-state index in [1.807, 2.05) is 0 Å². The van der Waals surface area contributed by atoms with E-state index in [0.717, 1.165) is 5.69 Å². The highest BCUT2D eigenvalue weighted by Gasteiger charge is 2.26. The van der Waals surface area contributed by atoms with E-state index in [1.165, 1.54) is 6.92 Å². The molecule has 0 bridgehead atoms. The summed E-state index contributed by atoms with van der Waals surface area (Å²) in [6.07, 6.45) is -0.355. The van der Waals surface area contributed by atoms with Gasteiger partial charge in [0.2, 0.25) is 0 Å². The first-order valence-corrected chi connectivity index (χ1v) is 9.40. The van der Waals surface area contributed by atoms with Crippen molar-refractivity contribution in [3.63, 3.8) is 0 Å². The Morgan fingerprint density at radius 1 is 0.966 bits per heavy atom. The van der Waals surface area contributed by atoms with Crippen LogP contribution in [0.1, 0.15) is 34.7 Å². The Labute approximate surface area is 168 Å². The second-order valence-corrected chi connectivity index (χ2v) is 6.54. The molecule has 9 heteroatoms. The Bertz CT molecular complexity index is 875. The normalized spacial score (nSPS) is 13.7. The first-order chi connectivity index (χ1) is 14.0. The third-order valence-corrected chi connectivity index (χ3v) is 4.54. The zero-order chi connectivity index (χ0) is 20.8. The van der Waals surface area contributed by atoms with E-state index >= 15 is 0 Å². The predicted molar refractivity (Wildman–Crippen MR) is 106 cm³/mol. The lowest BCUT2D eigenvalue weighted by Gasteiger charge is -2.33. The number of nitrogens with zero attached hydrogens (tertiary/aromatic N) is 4. The zero-order valence-corrected chi connectivity index (χ0v) is 16.4. The lowest BCUT2D eigenvalue weighted by molar-refractivity contribution is 0.0565. The maximum Gasteiger partial charge on any atom is 0.409 e. The molecule has 1 saturated heterocycles. The largest absolute Gasteiger partial charge is 0.450 e. The molecule has 152 valence electrons. The van der Waals surface area contributed by atoms with E-state index in [2.05, 4.69) is 15.5 Å². The summed E-state index contributed by atoms with van der Waals surface area (Å²) < 4.78 is 4.98. The van der Waals surface area contributed by atoms with E-state index in [1.54, 1.807) is 53.1 Å². The van der Waals surface area contributed by atoms with Gasteiger partial charge in [-0.1, -0.05) is 0 Å². The van der Waals surface area contributed by atoms with Crippen molar-refractivity contribution >= 4 is 29.3 Å². The van der Waals surface area contributed by atoms with E-state index < -0.39 is 0 Å². The molecule has 1 aliphatic rings. The van der Waals surface area contributed by atoms with Crippen molar-refractivity contribution < 1.29 is 19.1 Å². The molecule has 0 spiro atoms. The molecular formula is C20H23N5O4. The molecule has 2 amide bonds. The van der Waals surface area contributed by atoms with Gasteiger partial charge < -0.3 is 19.9 Å². The van der Waals surface area contributed by atoms with E-state index in [9.17, 15) is 14.4 Å². The highest BCUT2D eigenvalue weighted by atomic mass is 16.6. The van der Waals surface area contributed by atoms with E-state index in [0.29, 0.717) is 44.2 Å². The number of carbonyl (C=O) groups excluding carboxylic acids is 3. The summed E-state index contributed by atoms with van der Waals surface area (Å²) in [5, 5.41) is 11.1. The monoisotopic (exact) mass is 397 g/mol. The zero-order valence-electron chi connectivity index (χ0n) is 16.4. The number of hydrogen-bond donors (Lipinski definition) is 1. The average Bonchev–Trinajstić information content (AvgIpc) is 2.74. The maximum absolute atomic E-state index is 12.6. The number of piperazine rings is 1. The topological polar surface area (TPSA) is 105 Å². The van der Waals surface area contributed by atoms with Crippen LogP contribution in [0, 0.1) is 0 Å². The third kappa shape index (κ3) is 5.07. The molecule has 1 aliphatic heterocycles. The first kappa shape index (κ1) is 20.2. The standard InChI is InChI=1S/C20H23N5O4/c1-3-29-20(28)25-12-10-24(11-13-25)19(27)17-8-9-18(23-22-17)21-16-6-4-15(5-7-16)14(2)26/h4-9H,3,10-13H2,1-2H3,(H,21,23). The second kappa shape index (κ2) is 9.13. The number of ketones is 1. The van der Waals surface area contributed by atoms with Crippen LogP contribution in [0.5, 0.6) is 0 Å². The predicted octanol–water partition coefficient (Wildman–Crippen LogP) is 2.34. The number of aromatic nitrogens is 2. The van der Waals surface area contributed by atoms with Crippen molar-refractivity contribution in [1.29, 1.82) is 0 Å². The highest BCUT2D eigenvalue weighted by Crippen LogP contribution is 2.16. The fourth-order valence-electron chi connectivity index (χ4n) is 2.92. The van der Waals surface area contributed by atoms with Crippen molar-refractivity contribution in [3.8, 4) is 0 Å². The van der Waals surface area contributed by atoms with Gasteiger partial charge in [-0.25, -0.2) is 4.79 Å². The van der Waals surface area contributed by atoms with Gasteiger partial charge in [0.25, 0.3) is 5.91 Å². The van der Waals surface area contributed by atoms with Gasteiger partial charge in [-0.3, -0.25) is 9.59 Å². The van der Waals surface area contributed by atoms with Crippen LogP contribution in [-0.2, 0) is 4.74 Å². The number of nitrogens with one attached hydrogen (secondary N) is 1. The number of benzene rings is 1. The van der Waals surface area contributed by atoms with Crippen molar-refractivity contribution in [2.75, 3.05) is 38.1 Å². The van der Waals surface area contributed by atoms with Gasteiger partial charge in [-0.2, -0.15) is 0 Å². The summed E-state index contributed by atoms with van der Waals surface area (Å²) >= 11 is 0. The minimum absolute atomic E-state index is 0.00213. The Kier molecular flexibility index (Phi) is 6.38. The summed E-state index contributed by atoms with van der Waals surface area (Å²) in [5.41, 5.74) is 1.64. The third-order valence-electron chi connectivity index (χ3n) is 4.54. The number of amides is 2. The van der Waals surface area contributed by atoms with Gasteiger partial charge in [0, 0.05) is 37.4 Å². The minimum Gasteiger partial charge on any atom is -0.450 e. The van der Waals surface area contributed by atoms with Crippen LogP contribution >= 0.6 is 0 Å². The molecule has 0 unspecified atom stereocenters. The van der Waals surface area contributed by atoms with Crippen LogP contribution < -0.4 is 5.32 Å². The Morgan fingerprint density at radius 3 is 2.17 bits per heavy atom. The smallest absolute Gasteiger partial charge is 0.409 e. The molecule has 0 aliphatic carbocycles. The summed E-state index contributed by atoms with van der Waals surface area (Å²) in [4.78, 5) is 38.9. The van der Waals surface area contributed by atoms with Crippen molar-refractivity contribution in [2.24, 2.45) is 0 Å². The number of carbonyl (C=O) groups is 3.